The first kappa shape index (κ1) is 20.0. The van der Waals surface area contributed by atoms with E-state index in [2.05, 4.69) is 4.74 Å². The number of para-hydroxylation sites is 1. The Bertz CT molecular complexity index is 922. The number of nitrogens with zero attached hydrogens (tertiary/aromatic N) is 2. The maximum atomic E-state index is 12.0. The van der Waals surface area contributed by atoms with Gasteiger partial charge in [0.1, 0.15) is 6.54 Å². The first-order chi connectivity index (χ1) is 12.8. The van der Waals surface area contributed by atoms with Crippen molar-refractivity contribution in [1.29, 1.82) is 0 Å². The Hall–Kier alpha value is -3.35. The lowest BCUT2D eigenvalue weighted by Gasteiger charge is -2.11. The highest BCUT2D eigenvalue weighted by molar-refractivity contribution is 6.07. The minimum absolute atomic E-state index is 0.0512. The highest BCUT2D eigenvalue weighted by atomic mass is 16.5. The number of esters is 1. The van der Waals surface area contributed by atoms with Gasteiger partial charge >= 0.3 is 5.97 Å². The molecular weight excluding hydrogens is 348 g/mol. The van der Waals surface area contributed by atoms with Gasteiger partial charge in [-0.25, -0.2) is 4.79 Å². The minimum Gasteiger partial charge on any atom is -0.502 e. The van der Waals surface area contributed by atoms with Gasteiger partial charge in [-0.3, -0.25) is 9.59 Å². The van der Waals surface area contributed by atoms with Crippen LogP contribution in [-0.4, -0.2) is 52.9 Å². The van der Waals surface area contributed by atoms with Crippen LogP contribution in [0.4, 0.5) is 0 Å². The van der Waals surface area contributed by atoms with Crippen LogP contribution in [0.15, 0.2) is 48.4 Å². The average molecular weight is 370 g/mol. The van der Waals surface area contributed by atoms with E-state index in [9.17, 15) is 19.5 Å². The highest BCUT2D eigenvalue weighted by Gasteiger charge is 2.12. The van der Waals surface area contributed by atoms with E-state index in [1.54, 1.807) is 33.3 Å². The Kier molecular flexibility index (Phi) is 6.54. The molecule has 0 unspecified atom stereocenters. The maximum Gasteiger partial charge on any atom is 0.373 e. The second-order valence-corrected chi connectivity index (χ2v) is 6.00. The zero-order valence-electron chi connectivity index (χ0n) is 15.5. The number of amides is 1. The van der Waals surface area contributed by atoms with Gasteiger partial charge in [0.15, 0.2) is 5.78 Å². The summed E-state index contributed by atoms with van der Waals surface area (Å²) in [4.78, 5) is 36.8. The molecule has 27 heavy (non-hydrogen) atoms. The van der Waals surface area contributed by atoms with Crippen molar-refractivity contribution in [2.45, 2.75) is 13.5 Å². The van der Waals surface area contributed by atoms with Crippen molar-refractivity contribution in [2.75, 3.05) is 20.7 Å². The number of hydrogen-bond donors (Lipinski definition) is 1. The second kappa shape index (κ2) is 8.84. The number of hydrogen-bond acceptors (Lipinski definition) is 5. The summed E-state index contributed by atoms with van der Waals surface area (Å²) in [5, 5.41) is 10.4. The standard InChI is InChI=1S/C20H22N2O5/c1-4-27-20(26)18(24)11-15(23)10-9-14-12-22(13-19(25)21(2)3)17-8-6-5-7-16(14)17/h5-12,24H,4,13H2,1-3H3/b10-9+,18-11-. The lowest BCUT2D eigenvalue weighted by Crippen LogP contribution is -2.25. The molecule has 0 saturated heterocycles. The van der Waals surface area contributed by atoms with Crippen molar-refractivity contribution >= 4 is 34.6 Å². The average Bonchev–Trinajstić information content (AvgIpc) is 2.98. The predicted molar refractivity (Wildman–Crippen MR) is 102 cm³/mol. The van der Waals surface area contributed by atoms with Crippen LogP contribution >= 0.6 is 0 Å². The summed E-state index contributed by atoms with van der Waals surface area (Å²) in [5.41, 5.74) is 1.61. The molecule has 0 aliphatic carbocycles. The fraction of sp³-hybridized carbons (Fsp3) is 0.250. The molecule has 1 N–H and O–H groups in total. The third-order valence-electron chi connectivity index (χ3n) is 3.81. The van der Waals surface area contributed by atoms with Crippen LogP contribution in [0.3, 0.4) is 0 Å². The van der Waals surface area contributed by atoms with Crippen LogP contribution in [0.1, 0.15) is 12.5 Å². The molecule has 0 atom stereocenters. The van der Waals surface area contributed by atoms with Gasteiger partial charge in [-0.1, -0.05) is 18.2 Å². The SMILES string of the molecule is CCOC(=O)/C(O)=C/C(=O)/C=C/c1cn(CC(=O)N(C)C)c2ccccc12. The summed E-state index contributed by atoms with van der Waals surface area (Å²) in [6.45, 7) is 1.88. The molecule has 0 spiro atoms. The Labute approximate surface area is 157 Å². The van der Waals surface area contributed by atoms with Crippen molar-refractivity contribution in [2.24, 2.45) is 0 Å². The van der Waals surface area contributed by atoms with Crippen molar-refractivity contribution in [3.05, 3.63) is 53.9 Å². The summed E-state index contributed by atoms with van der Waals surface area (Å²) >= 11 is 0. The van der Waals surface area contributed by atoms with Crippen molar-refractivity contribution in [3.63, 3.8) is 0 Å². The summed E-state index contributed by atoms with van der Waals surface area (Å²) in [6, 6.07) is 7.52. The van der Waals surface area contributed by atoms with Crippen molar-refractivity contribution in [1.82, 2.24) is 9.47 Å². The molecule has 0 bridgehead atoms. The number of ketones is 1. The Morgan fingerprint density at radius 2 is 1.93 bits per heavy atom. The van der Waals surface area contributed by atoms with Gasteiger partial charge in [0.2, 0.25) is 11.7 Å². The number of likely N-dealkylation sites (N-methyl/N-ethyl adjacent to an activating group) is 1. The van der Waals surface area contributed by atoms with Crippen LogP contribution in [0, 0.1) is 0 Å². The molecule has 2 aromatic rings. The molecule has 0 aliphatic rings. The number of carbonyl (C=O) groups excluding carboxylic acids is 3. The zero-order chi connectivity index (χ0) is 20.0. The normalized spacial score (nSPS) is 11.7. The van der Waals surface area contributed by atoms with Gasteiger partial charge in [0.05, 0.1) is 6.61 Å². The van der Waals surface area contributed by atoms with Crippen LogP contribution in [0.2, 0.25) is 0 Å². The summed E-state index contributed by atoms with van der Waals surface area (Å²) in [7, 11) is 3.38. The number of aliphatic hydroxyl groups is 1. The van der Waals surface area contributed by atoms with Crippen molar-refractivity contribution < 1.29 is 24.2 Å². The first-order valence-electron chi connectivity index (χ1n) is 8.41. The fourth-order valence-electron chi connectivity index (χ4n) is 2.44. The number of allylic oxidation sites excluding steroid dienone is 2. The highest BCUT2D eigenvalue weighted by Crippen LogP contribution is 2.22. The smallest absolute Gasteiger partial charge is 0.373 e. The van der Waals surface area contributed by atoms with Gasteiger partial charge in [-0.2, -0.15) is 0 Å². The Morgan fingerprint density at radius 1 is 1.22 bits per heavy atom. The fourth-order valence-corrected chi connectivity index (χ4v) is 2.44. The molecular formula is C20H22N2O5. The second-order valence-electron chi connectivity index (χ2n) is 6.00. The molecule has 0 radical (unpaired) electrons. The molecule has 0 fully saturated rings. The number of aliphatic hydroxyl groups excluding tert-OH is 1. The first-order valence-corrected chi connectivity index (χ1v) is 8.41. The van der Waals surface area contributed by atoms with Gasteiger partial charge in [0, 0.05) is 42.8 Å². The number of rotatable bonds is 7. The number of carbonyl (C=O) groups is 3. The number of aromatic nitrogens is 1. The molecule has 142 valence electrons. The quantitative estimate of drug-likeness (QED) is 0.459. The van der Waals surface area contributed by atoms with Crippen LogP contribution < -0.4 is 0 Å². The van der Waals surface area contributed by atoms with E-state index < -0.39 is 17.5 Å². The number of benzene rings is 1. The number of fused-ring (bicyclic) bond motifs is 1. The lowest BCUT2D eigenvalue weighted by atomic mass is 10.1. The van der Waals surface area contributed by atoms with E-state index >= 15 is 0 Å². The Morgan fingerprint density at radius 3 is 2.59 bits per heavy atom. The van der Waals surface area contributed by atoms with E-state index in [0.29, 0.717) is 0 Å². The summed E-state index contributed by atoms with van der Waals surface area (Å²) < 4.78 is 6.43. The van der Waals surface area contributed by atoms with Gasteiger partial charge in [-0.05, 0) is 25.1 Å². The molecule has 1 amide bonds. The molecule has 0 aliphatic heterocycles. The third-order valence-corrected chi connectivity index (χ3v) is 3.81. The predicted octanol–water partition coefficient (Wildman–Crippen LogP) is 2.32. The molecule has 7 nitrogen and oxygen atoms in total. The van der Waals surface area contributed by atoms with Crippen LogP contribution in [0.25, 0.3) is 17.0 Å². The molecule has 2 rings (SSSR count). The van der Waals surface area contributed by atoms with E-state index in [1.165, 1.54) is 11.0 Å². The van der Waals surface area contributed by atoms with Crippen molar-refractivity contribution in [3.8, 4) is 0 Å². The topological polar surface area (TPSA) is 88.8 Å². The van der Waals surface area contributed by atoms with Gasteiger partial charge < -0.3 is 19.3 Å². The molecule has 0 saturated carbocycles. The van der Waals surface area contributed by atoms with Crippen LogP contribution in [0.5, 0.6) is 0 Å². The van der Waals surface area contributed by atoms with E-state index in [4.69, 9.17) is 0 Å². The monoisotopic (exact) mass is 370 g/mol. The molecule has 1 heterocycles. The molecule has 7 heteroatoms. The van der Waals surface area contributed by atoms with Gasteiger partial charge in [0.25, 0.3) is 0 Å². The van der Waals surface area contributed by atoms with E-state index in [1.807, 2.05) is 28.8 Å². The maximum absolute atomic E-state index is 12.0. The van der Waals surface area contributed by atoms with E-state index in [0.717, 1.165) is 22.5 Å². The number of ether oxygens (including phenoxy) is 1. The van der Waals surface area contributed by atoms with Gasteiger partial charge in [-0.15, -0.1) is 0 Å². The molecule has 1 aromatic heterocycles. The molecule has 1 aromatic carbocycles. The third kappa shape index (κ3) is 5.07. The lowest BCUT2D eigenvalue weighted by molar-refractivity contribution is -0.141. The summed E-state index contributed by atoms with van der Waals surface area (Å²) in [6.07, 6.45) is 5.42. The minimum atomic E-state index is -0.946. The van der Waals surface area contributed by atoms with Crippen LogP contribution in [-0.2, 0) is 25.7 Å². The zero-order valence-corrected chi connectivity index (χ0v) is 15.5. The summed E-state index contributed by atoms with van der Waals surface area (Å²) in [5.74, 6) is -2.30. The largest absolute Gasteiger partial charge is 0.502 e. The van der Waals surface area contributed by atoms with E-state index in [-0.39, 0.29) is 19.1 Å². The Balaban J connectivity index is 2.27.